The number of aromatic nitrogens is 2. The van der Waals surface area contributed by atoms with Crippen molar-refractivity contribution in [3.05, 3.63) is 65.6 Å². The van der Waals surface area contributed by atoms with Gasteiger partial charge in [-0.3, -0.25) is 4.79 Å². The number of nitrogens with zero attached hydrogens (tertiary/aromatic N) is 4. The number of rotatable bonds is 2. The molecule has 1 aliphatic heterocycles. The van der Waals surface area contributed by atoms with Crippen molar-refractivity contribution in [2.45, 2.75) is 0 Å². The van der Waals surface area contributed by atoms with E-state index in [-0.39, 0.29) is 5.91 Å². The molecule has 0 atom stereocenters. The molecule has 0 N–H and O–H groups in total. The average Bonchev–Trinajstić information content (AvgIpc) is 3.09. The Kier molecular flexibility index (Phi) is 3.86. The predicted octanol–water partition coefficient (Wildman–Crippen LogP) is 2.95. The van der Waals surface area contributed by atoms with E-state index in [0.717, 1.165) is 29.4 Å². The highest BCUT2D eigenvalue weighted by Gasteiger charge is 2.22. The second kappa shape index (κ2) is 6.17. The van der Waals surface area contributed by atoms with Crippen molar-refractivity contribution in [1.29, 1.82) is 0 Å². The highest BCUT2D eigenvalue weighted by Crippen LogP contribution is 2.21. The summed E-state index contributed by atoms with van der Waals surface area (Å²) in [6.07, 6.45) is 5.42. The standard InChI is InChI=1S/C18H17ClN4O/c19-15-2-1-3-16(12-15)21-8-10-22(11-9-21)18(24)14-4-5-17-20-6-7-23(17)13-14/h1-7,12-13H,8-11H2. The third-order valence-corrected chi connectivity index (χ3v) is 4.61. The molecule has 0 radical (unpaired) electrons. The Labute approximate surface area is 145 Å². The minimum Gasteiger partial charge on any atom is -0.368 e. The number of anilines is 1. The summed E-state index contributed by atoms with van der Waals surface area (Å²) in [4.78, 5) is 21.1. The summed E-state index contributed by atoms with van der Waals surface area (Å²) >= 11 is 6.06. The molecule has 0 saturated carbocycles. The molecule has 0 unspecified atom stereocenters. The Balaban J connectivity index is 1.46. The fourth-order valence-corrected chi connectivity index (χ4v) is 3.25. The number of pyridine rings is 1. The SMILES string of the molecule is O=C(c1ccc2nccn2c1)N1CCN(c2cccc(Cl)c2)CC1. The first-order valence-corrected chi connectivity index (χ1v) is 8.31. The van der Waals surface area contributed by atoms with E-state index in [0.29, 0.717) is 18.7 Å². The van der Waals surface area contributed by atoms with Gasteiger partial charge in [0.05, 0.1) is 5.56 Å². The summed E-state index contributed by atoms with van der Waals surface area (Å²) in [5.74, 6) is 0.0661. The fraction of sp³-hybridized carbons (Fsp3) is 0.222. The van der Waals surface area contributed by atoms with Gasteiger partial charge in [-0.05, 0) is 30.3 Å². The minimum atomic E-state index is 0.0661. The van der Waals surface area contributed by atoms with E-state index in [1.165, 1.54) is 0 Å². The number of benzene rings is 1. The summed E-state index contributed by atoms with van der Waals surface area (Å²) < 4.78 is 1.87. The monoisotopic (exact) mass is 340 g/mol. The van der Waals surface area contributed by atoms with Gasteiger partial charge in [0.25, 0.3) is 5.91 Å². The Morgan fingerprint density at radius 3 is 2.71 bits per heavy atom. The second-order valence-electron chi connectivity index (χ2n) is 5.87. The van der Waals surface area contributed by atoms with Gasteiger partial charge in [0, 0.05) is 55.5 Å². The molecule has 122 valence electrons. The molecular weight excluding hydrogens is 324 g/mol. The van der Waals surface area contributed by atoms with E-state index in [4.69, 9.17) is 11.6 Å². The van der Waals surface area contributed by atoms with Crippen LogP contribution >= 0.6 is 11.6 Å². The largest absolute Gasteiger partial charge is 0.368 e. The van der Waals surface area contributed by atoms with Gasteiger partial charge in [-0.2, -0.15) is 0 Å². The van der Waals surface area contributed by atoms with Gasteiger partial charge in [-0.1, -0.05) is 17.7 Å². The molecular formula is C18H17ClN4O. The molecule has 4 rings (SSSR count). The van der Waals surface area contributed by atoms with Gasteiger partial charge in [0.15, 0.2) is 0 Å². The second-order valence-corrected chi connectivity index (χ2v) is 6.31. The molecule has 5 nitrogen and oxygen atoms in total. The Morgan fingerprint density at radius 2 is 1.92 bits per heavy atom. The number of piperazine rings is 1. The molecule has 6 heteroatoms. The molecule has 1 aliphatic rings. The number of fused-ring (bicyclic) bond motifs is 1. The number of hydrogen-bond donors (Lipinski definition) is 0. The summed E-state index contributed by atoms with van der Waals surface area (Å²) in [6.45, 7) is 3.01. The highest BCUT2D eigenvalue weighted by molar-refractivity contribution is 6.30. The molecule has 0 bridgehead atoms. The van der Waals surface area contributed by atoms with Gasteiger partial charge in [0.2, 0.25) is 0 Å². The lowest BCUT2D eigenvalue weighted by Gasteiger charge is -2.36. The zero-order valence-electron chi connectivity index (χ0n) is 13.1. The van der Waals surface area contributed by atoms with Crippen LogP contribution in [0.2, 0.25) is 5.02 Å². The molecule has 24 heavy (non-hydrogen) atoms. The molecule has 2 aromatic heterocycles. The molecule has 3 heterocycles. The van der Waals surface area contributed by atoms with Crippen LogP contribution in [0.15, 0.2) is 55.0 Å². The lowest BCUT2D eigenvalue weighted by Crippen LogP contribution is -2.48. The van der Waals surface area contributed by atoms with Crippen molar-refractivity contribution < 1.29 is 4.79 Å². The molecule has 0 aliphatic carbocycles. The summed E-state index contributed by atoms with van der Waals surface area (Å²) in [7, 11) is 0. The number of imidazole rings is 1. The van der Waals surface area contributed by atoms with Crippen LogP contribution < -0.4 is 4.90 Å². The van der Waals surface area contributed by atoms with Crippen molar-refractivity contribution in [3.63, 3.8) is 0 Å². The summed E-state index contributed by atoms with van der Waals surface area (Å²) in [6, 6.07) is 11.6. The fourth-order valence-electron chi connectivity index (χ4n) is 3.07. The van der Waals surface area contributed by atoms with Gasteiger partial charge in [-0.15, -0.1) is 0 Å². The summed E-state index contributed by atoms with van der Waals surface area (Å²) in [5.41, 5.74) is 2.64. The Hall–Kier alpha value is -2.53. The van der Waals surface area contributed by atoms with Crippen LogP contribution in [-0.2, 0) is 0 Å². The Bertz CT molecular complexity index is 883. The summed E-state index contributed by atoms with van der Waals surface area (Å²) in [5, 5.41) is 0.736. The number of halogens is 1. The first kappa shape index (κ1) is 15.0. The van der Waals surface area contributed by atoms with E-state index in [2.05, 4.69) is 16.0 Å². The first-order chi connectivity index (χ1) is 11.7. The van der Waals surface area contributed by atoms with Crippen LogP contribution in [0, 0.1) is 0 Å². The number of amides is 1. The van der Waals surface area contributed by atoms with E-state index in [1.807, 2.05) is 52.0 Å². The van der Waals surface area contributed by atoms with Gasteiger partial charge < -0.3 is 14.2 Å². The van der Waals surface area contributed by atoms with Crippen LogP contribution in [0.4, 0.5) is 5.69 Å². The molecule has 3 aromatic rings. The van der Waals surface area contributed by atoms with Crippen LogP contribution in [0.25, 0.3) is 5.65 Å². The average molecular weight is 341 g/mol. The van der Waals surface area contributed by atoms with Gasteiger partial charge in [0.1, 0.15) is 5.65 Å². The first-order valence-electron chi connectivity index (χ1n) is 7.93. The maximum Gasteiger partial charge on any atom is 0.255 e. The van der Waals surface area contributed by atoms with Crippen LogP contribution in [0.5, 0.6) is 0 Å². The number of carbonyl (C=O) groups is 1. The number of hydrogen-bond acceptors (Lipinski definition) is 3. The zero-order chi connectivity index (χ0) is 16.5. The topological polar surface area (TPSA) is 40.9 Å². The van der Waals surface area contributed by atoms with E-state index >= 15 is 0 Å². The maximum atomic E-state index is 12.7. The third kappa shape index (κ3) is 2.83. The van der Waals surface area contributed by atoms with Gasteiger partial charge >= 0.3 is 0 Å². The molecule has 1 saturated heterocycles. The van der Waals surface area contributed by atoms with Crippen molar-refractivity contribution >= 4 is 28.8 Å². The quantitative estimate of drug-likeness (QED) is 0.720. The lowest BCUT2D eigenvalue weighted by molar-refractivity contribution is 0.0746. The van der Waals surface area contributed by atoms with E-state index in [1.54, 1.807) is 6.20 Å². The molecule has 1 fully saturated rings. The smallest absolute Gasteiger partial charge is 0.255 e. The normalized spacial score (nSPS) is 15.0. The minimum absolute atomic E-state index is 0.0661. The third-order valence-electron chi connectivity index (χ3n) is 4.38. The van der Waals surface area contributed by atoms with Gasteiger partial charge in [-0.25, -0.2) is 4.98 Å². The molecule has 0 spiro atoms. The van der Waals surface area contributed by atoms with Crippen LogP contribution in [0.3, 0.4) is 0 Å². The van der Waals surface area contributed by atoms with E-state index in [9.17, 15) is 4.79 Å². The van der Waals surface area contributed by atoms with Crippen LogP contribution in [0.1, 0.15) is 10.4 Å². The Morgan fingerprint density at radius 1 is 1.08 bits per heavy atom. The molecule has 1 aromatic carbocycles. The lowest BCUT2D eigenvalue weighted by atomic mass is 10.2. The zero-order valence-corrected chi connectivity index (χ0v) is 13.9. The predicted molar refractivity (Wildman–Crippen MR) is 94.8 cm³/mol. The van der Waals surface area contributed by atoms with Crippen molar-refractivity contribution in [2.24, 2.45) is 0 Å². The van der Waals surface area contributed by atoms with Crippen molar-refractivity contribution in [1.82, 2.24) is 14.3 Å². The van der Waals surface area contributed by atoms with E-state index < -0.39 is 0 Å². The number of carbonyl (C=O) groups excluding carboxylic acids is 1. The van der Waals surface area contributed by atoms with Crippen molar-refractivity contribution in [2.75, 3.05) is 31.1 Å². The van der Waals surface area contributed by atoms with Crippen molar-refractivity contribution in [3.8, 4) is 0 Å². The van der Waals surface area contributed by atoms with Crippen LogP contribution in [-0.4, -0.2) is 46.4 Å². The molecule has 1 amide bonds. The maximum absolute atomic E-state index is 12.7. The highest BCUT2D eigenvalue weighted by atomic mass is 35.5.